The average Bonchev–Trinajstić information content (AvgIpc) is 3.26. The molecule has 7 heteroatoms. The van der Waals surface area contributed by atoms with Gasteiger partial charge in [-0.1, -0.05) is 36.9 Å². The summed E-state index contributed by atoms with van der Waals surface area (Å²) >= 11 is 0. The molecule has 0 bridgehead atoms. The minimum Gasteiger partial charge on any atom is -0.496 e. The topological polar surface area (TPSA) is 59.4 Å². The summed E-state index contributed by atoms with van der Waals surface area (Å²) in [5.74, 6) is 0.860. The Hall–Kier alpha value is -4.13. The molecule has 1 saturated heterocycles. The zero-order valence-electron chi connectivity index (χ0n) is 19.6. The Bertz CT molecular complexity index is 1380. The third-order valence-corrected chi connectivity index (χ3v) is 6.45. The second-order valence-electron chi connectivity index (χ2n) is 8.62. The molecule has 1 aliphatic rings. The fourth-order valence-electron chi connectivity index (χ4n) is 4.74. The molecule has 0 radical (unpaired) electrons. The number of nitrogens with zero attached hydrogens (tertiary/aromatic N) is 3. The van der Waals surface area contributed by atoms with Crippen molar-refractivity contribution in [2.45, 2.75) is 18.9 Å². The van der Waals surface area contributed by atoms with Gasteiger partial charge in [-0.25, -0.2) is 9.07 Å². The van der Waals surface area contributed by atoms with Gasteiger partial charge in [0.05, 0.1) is 24.2 Å². The summed E-state index contributed by atoms with van der Waals surface area (Å²) in [4.78, 5) is 14.1. The van der Waals surface area contributed by atoms with Gasteiger partial charge in [0.1, 0.15) is 17.4 Å². The van der Waals surface area contributed by atoms with Crippen LogP contribution < -0.4 is 10.1 Å². The Kier molecular flexibility index (Phi) is 6.23. The van der Waals surface area contributed by atoms with Crippen molar-refractivity contribution >= 4 is 28.3 Å². The van der Waals surface area contributed by atoms with E-state index in [1.807, 2.05) is 58.1 Å². The van der Waals surface area contributed by atoms with E-state index in [1.54, 1.807) is 12.1 Å². The number of hydrogen-bond acceptors (Lipinski definition) is 4. The fraction of sp³-hybridized carbons (Fsp3) is 0.214. The second-order valence-corrected chi connectivity index (χ2v) is 8.62. The van der Waals surface area contributed by atoms with E-state index < -0.39 is 0 Å². The molecule has 5 rings (SSSR count). The molecule has 1 aliphatic heterocycles. The van der Waals surface area contributed by atoms with Crippen molar-refractivity contribution in [1.82, 2.24) is 14.7 Å². The van der Waals surface area contributed by atoms with E-state index in [1.165, 1.54) is 19.3 Å². The van der Waals surface area contributed by atoms with E-state index in [-0.39, 0.29) is 17.8 Å². The van der Waals surface area contributed by atoms with Crippen molar-refractivity contribution in [2.24, 2.45) is 0 Å². The minimum absolute atomic E-state index is 0.00212. The molecule has 35 heavy (non-hydrogen) atoms. The van der Waals surface area contributed by atoms with Gasteiger partial charge in [-0.15, -0.1) is 0 Å². The number of hydrogen-bond donors (Lipinski definition) is 1. The molecule has 1 atom stereocenters. The molecule has 0 saturated carbocycles. The SMILES string of the molecule is C=CC(=O)N1CCCC(n2nc3ccc(-c4c(F)cccc4OC)cc3c2Nc2ccccc2)C1. The number of rotatable bonds is 6. The number of nitrogens with one attached hydrogen (secondary N) is 1. The number of halogens is 1. The summed E-state index contributed by atoms with van der Waals surface area (Å²) in [6, 6.07) is 20.4. The standard InChI is InChI=1S/C28H27FN4O2/c1-3-26(34)32-16-8-11-21(18-32)33-28(30-20-9-5-4-6-10-20)22-17-19(14-15-24(22)31-33)27-23(29)12-7-13-25(27)35-2/h3-7,9-10,12-15,17,21,30H,1,8,11,16,18H2,2H3. The largest absolute Gasteiger partial charge is 0.496 e. The number of benzene rings is 3. The molecule has 4 aromatic rings. The highest BCUT2D eigenvalue weighted by Crippen LogP contribution is 2.38. The zero-order valence-corrected chi connectivity index (χ0v) is 19.6. The van der Waals surface area contributed by atoms with E-state index in [2.05, 4.69) is 11.9 Å². The number of aromatic nitrogens is 2. The lowest BCUT2D eigenvalue weighted by Gasteiger charge is -2.33. The lowest BCUT2D eigenvalue weighted by atomic mass is 10.0. The van der Waals surface area contributed by atoms with Gasteiger partial charge in [0.2, 0.25) is 5.91 Å². The van der Waals surface area contributed by atoms with Crippen LogP contribution in [0, 0.1) is 5.82 Å². The van der Waals surface area contributed by atoms with Crippen molar-refractivity contribution in [3.8, 4) is 16.9 Å². The lowest BCUT2D eigenvalue weighted by molar-refractivity contribution is -0.127. The van der Waals surface area contributed by atoms with Crippen LogP contribution in [-0.2, 0) is 4.79 Å². The predicted octanol–water partition coefficient (Wildman–Crippen LogP) is 5.94. The van der Waals surface area contributed by atoms with Crippen LogP contribution in [0.1, 0.15) is 18.9 Å². The van der Waals surface area contributed by atoms with Crippen LogP contribution in [0.4, 0.5) is 15.9 Å². The predicted molar refractivity (Wildman–Crippen MR) is 136 cm³/mol. The Morgan fingerprint density at radius 1 is 1.17 bits per heavy atom. The number of ether oxygens (including phenoxy) is 1. The van der Waals surface area contributed by atoms with Gasteiger partial charge in [0, 0.05) is 24.2 Å². The second kappa shape index (κ2) is 9.62. The van der Waals surface area contributed by atoms with Crippen molar-refractivity contribution in [3.63, 3.8) is 0 Å². The first-order valence-corrected chi connectivity index (χ1v) is 11.7. The zero-order chi connectivity index (χ0) is 24.4. The number of carbonyl (C=O) groups excluding carboxylic acids is 1. The third-order valence-electron chi connectivity index (χ3n) is 6.45. The molecular weight excluding hydrogens is 443 g/mol. The number of para-hydroxylation sites is 1. The van der Waals surface area contributed by atoms with Crippen LogP contribution in [0.5, 0.6) is 5.75 Å². The Morgan fingerprint density at radius 3 is 2.77 bits per heavy atom. The van der Waals surface area contributed by atoms with E-state index in [0.717, 1.165) is 35.2 Å². The van der Waals surface area contributed by atoms with Gasteiger partial charge in [0.15, 0.2) is 0 Å². The maximum Gasteiger partial charge on any atom is 0.246 e. The minimum atomic E-state index is -0.348. The molecule has 3 aromatic carbocycles. The number of anilines is 2. The molecule has 0 aliphatic carbocycles. The number of methoxy groups -OCH3 is 1. The van der Waals surface area contributed by atoms with Gasteiger partial charge in [-0.3, -0.25) is 4.79 Å². The first-order valence-electron chi connectivity index (χ1n) is 11.7. The van der Waals surface area contributed by atoms with Gasteiger partial charge in [-0.05, 0) is 60.9 Å². The summed E-state index contributed by atoms with van der Waals surface area (Å²) < 4.78 is 22.3. The number of likely N-dealkylation sites (tertiary alicyclic amines) is 1. The molecule has 6 nitrogen and oxygen atoms in total. The molecular formula is C28H27FN4O2. The highest BCUT2D eigenvalue weighted by molar-refractivity contribution is 5.95. The molecule has 1 fully saturated rings. The van der Waals surface area contributed by atoms with Gasteiger partial charge < -0.3 is 15.0 Å². The highest BCUT2D eigenvalue weighted by atomic mass is 19.1. The monoisotopic (exact) mass is 470 g/mol. The van der Waals surface area contributed by atoms with E-state index in [9.17, 15) is 9.18 Å². The fourth-order valence-corrected chi connectivity index (χ4v) is 4.74. The normalized spacial score (nSPS) is 15.7. The van der Waals surface area contributed by atoms with E-state index in [4.69, 9.17) is 9.84 Å². The van der Waals surface area contributed by atoms with Crippen LogP contribution in [0.15, 0.2) is 79.4 Å². The Balaban J connectivity index is 1.64. The van der Waals surface area contributed by atoms with Crippen molar-refractivity contribution in [1.29, 1.82) is 0 Å². The van der Waals surface area contributed by atoms with E-state index in [0.29, 0.717) is 30.0 Å². The molecule has 0 spiro atoms. The van der Waals surface area contributed by atoms with Crippen molar-refractivity contribution in [2.75, 3.05) is 25.5 Å². The van der Waals surface area contributed by atoms with Crippen LogP contribution in [0.25, 0.3) is 22.0 Å². The quantitative estimate of drug-likeness (QED) is 0.354. The smallest absolute Gasteiger partial charge is 0.246 e. The maximum atomic E-state index is 14.9. The third kappa shape index (κ3) is 4.37. The molecule has 1 unspecified atom stereocenters. The van der Waals surface area contributed by atoms with Crippen LogP contribution in [-0.4, -0.2) is 40.8 Å². The molecule has 1 N–H and O–H groups in total. The van der Waals surface area contributed by atoms with Gasteiger partial charge in [0.25, 0.3) is 0 Å². The lowest BCUT2D eigenvalue weighted by Crippen LogP contribution is -2.40. The van der Waals surface area contributed by atoms with Crippen LogP contribution >= 0.6 is 0 Å². The summed E-state index contributed by atoms with van der Waals surface area (Å²) in [6.45, 7) is 4.90. The van der Waals surface area contributed by atoms with Crippen LogP contribution in [0.3, 0.4) is 0 Å². The summed E-state index contributed by atoms with van der Waals surface area (Å²) in [5.41, 5.74) is 2.82. The van der Waals surface area contributed by atoms with Gasteiger partial charge in [-0.2, -0.15) is 5.10 Å². The highest BCUT2D eigenvalue weighted by Gasteiger charge is 2.27. The molecule has 2 heterocycles. The summed E-state index contributed by atoms with van der Waals surface area (Å²) in [7, 11) is 1.54. The average molecular weight is 471 g/mol. The maximum absolute atomic E-state index is 14.9. The van der Waals surface area contributed by atoms with Crippen molar-refractivity contribution < 1.29 is 13.9 Å². The molecule has 178 valence electrons. The van der Waals surface area contributed by atoms with Crippen LogP contribution in [0.2, 0.25) is 0 Å². The molecule has 1 amide bonds. The molecule has 1 aromatic heterocycles. The Labute approximate surface area is 203 Å². The number of carbonyl (C=O) groups is 1. The number of amides is 1. The Morgan fingerprint density at radius 2 is 2.00 bits per heavy atom. The number of fused-ring (bicyclic) bond motifs is 1. The van der Waals surface area contributed by atoms with E-state index >= 15 is 0 Å². The first kappa shape index (κ1) is 22.7. The summed E-state index contributed by atoms with van der Waals surface area (Å²) in [5, 5.41) is 9.31. The van der Waals surface area contributed by atoms with Crippen molar-refractivity contribution in [3.05, 3.63) is 85.2 Å². The number of piperidine rings is 1. The van der Waals surface area contributed by atoms with Gasteiger partial charge >= 0.3 is 0 Å². The first-order chi connectivity index (χ1) is 17.1. The summed E-state index contributed by atoms with van der Waals surface area (Å²) in [6.07, 6.45) is 3.13.